The highest BCUT2D eigenvalue weighted by Gasteiger charge is 2.22. The molecule has 3 rings (SSSR count). The SMILES string of the molecule is Bc1cccc2c1c(C(=O)NCC1CCCCCC1)cn2C(=O)N(C)CC. The zero-order valence-electron chi connectivity index (χ0n) is 16.8. The first-order chi connectivity index (χ1) is 13.0. The maximum Gasteiger partial charge on any atom is 0.328 e. The van der Waals surface area contributed by atoms with E-state index >= 15 is 0 Å². The van der Waals surface area contributed by atoms with Crippen molar-refractivity contribution in [2.75, 3.05) is 20.1 Å². The van der Waals surface area contributed by atoms with Gasteiger partial charge in [0.25, 0.3) is 5.91 Å². The van der Waals surface area contributed by atoms with Crippen molar-refractivity contribution in [3.8, 4) is 0 Å². The summed E-state index contributed by atoms with van der Waals surface area (Å²) < 4.78 is 1.60. The van der Waals surface area contributed by atoms with E-state index in [1.807, 2.05) is 33.0 Å². The molecule has 1 aromatic carbocycles. The first-order valence-electron chi connectivity index (χ1n) is 10.2. The molecule has 1 fully saturated rings. The Labute approximate surface area is 162 Å². The Morgan fingerprint density at radius 1 is 1.22 bits per heavy atom. The van der Waals surface area contributed by atoms with Crippen LogP contribution in [0.15, 0.2) is 24.4 Å². The molecule has 5 nitrogen and oxygen atoms in total. The normalized spacial score (nSPS) is 15.5. The van der Waals surface area contributed by atoms with Crippen LogP contribution in [0.2, 0.25) is 0 Å². The average molecular weight is 367 g/mol. The molecule has 0 atom stereocenters. The van der Waals surface area contributed by atoms with Gasteiger partial charge in [0, 0.05) is 31.7 Å². The molecule has 144 valence electrons. The molecule has 1 aliphatic carbocycles. The Morgan fingerprint density at radius 2 is 1.93 bits per heavy atom. The molecule has 1 aromatic heterocycles. The number of aromatic nitrogens is 1. The Kier molecular flexibility index (Phi) is 6.24. The zero-order chi connectivity index (χ0) is 19.4. The first-order valence-corrected chi connectivity index (χ1v) is 10.2. The molecule has 0 unspecified atom stereocenters. The van der Waals surface area contributed by atoms with Gasteiger partial charge in [0.15, 0.2) is 0 Å². The molecule has 0 radical (unpaired) electrons. The summed E-state index contributed by atoms with van der Waals surface area (Å²) in [6.45, 7) is 3.28. The molecule has 0 aliphatic heterocycles. The van der Waals surface area contributed by atoms with Gasteiger partial charge >= 0.3 is 6.03 Å². The molecule has 0 spiro atoms. The summed E-state index contributed by atoms with van der Waals surface area (Å²) in [6.07, 6.45) is 9.23. The van der Waals surface area contributed by atoms with Gasteiger partial charge in [-0.25, -0.2) is 4.79 Å². The number of nitrogens with one attached hydrogen (secondary N) is 1. The van der Waals surface area contributed by atoms with Gasteiger partial charge in [-0.2, -0.15) is 0 Å². The lowest BCUT2D eigenvalue weighted by Crippen LogP contribution is -2.31. The van der Waals surface area contributed by atoms with Crippen molar-refractivity contribution >= 4 is 36.2 Å². The standard InChI is InChI=1S/C21H30BN3O2/c1-3-24(2)21(27)25-14-16(19-17(22)11-8-12-18(19)25)20(26)23-13-15-9-6-4-5-7-10-15/h8,11-12,14-15H,3-7,9-10,13,22H2,1-2H3,(H,23,26). The molecule has 1 N–H and O–H groups in total. The van der Waals surface area contributed by atoms with E-state index in [1.54, 1.807) is 22.7 Å². The van der Waals surface area contributed by atoms with Crippen LogP contribution in [0.25, 0.3) is 10.9 Å². The molecular weight excluding hydrogens is 337 g/mol. The van der Waals surface area contributed by atoms with Gasteiger partial charge < -0.3 is 10.2 Å². The summed E-state index contributed by atoms with van der Waals surface area (Å²) in [6, 6.07) is 5.71. The van der Waals surface area contributed by atoms with E-state index in [0.29, 0.717) is 18.0 Å². The second-order valence-electron chi connectivity index (χ2n) is 7.75. The molecule has 0 saturated heterocycles. The van der Waals surface area contributed by atoms with Crippen LogP contribution in [0.1, 0.15) is 55.8 Å². The second kappa shape index (κ2) is 8.64. The third-order valence-corrected chi connectivity index (χ3v) is 5.82. The number of hydrogen-bond acceptors (Lipinski definition) is 2. The van der Waals surface area contributed by atoms with E-state index in [2.05, 4.69) is 5.32 Å². The lowest BCUT2D eigenvalue weighted by Gasteiger charge is -2.15. The van der Waals surface area contributed by atoms with Gasteiger partial charge in [-0.05, 0) is 31.7 Å². The first kappa shape index (κ1) is 19.5. The number of nitrogens with zero attached hydrogens (tertiary/aromatic N) is 2. The van der Waals surface area contributed by atoms with E-state index in [1.165, 1.54) is 38.5 Å². The number of fused-ring (bicyclic) bond motifs is 1. The summed E-state index contributed by atoms with van der Waals surface area (Å²) in [7, 11) is 3.76. The van der Waals surface area contributed by atoms with Crippen LogP contribution in [0.5, 0.6) is 0 Å². The van der Waals surface area contributed by atoms with Crippen molar-refractivity contribution in [1.82, 2.24) is 14.8 Å². The van der Waals surface area contributed by atoms with E-state index in [9.17, 15) is 9.59 Å². The van der Waals surface area contributed by atoms with Crippen molar-refractivity contribution < 1.29 is 9.59 Å². The highest BCUT2D eigenvalue weighted by atomic mass is 16.2. The van der Waals surface area contributed by atoms with Gasteiger partial charge in [0.05, 0.1) is 11.1 Å². The minimum atomic E-state index is -0.115. The van der Waals surface area contributed by atoms with Crippen LogP contribution in [-0.2, 0) is 0 Å². The van der Waals surface area contributed by atoms with Gasteiger partial charge in [0.1, 0.15) is 7.85 Å². The number of rotatable bonds is 4. The highest BCUT2D eigenvalue weighted by Crippen LogP contribution is 2.23. The summed E-state index contributed by atoms with van der Waals surface area (Å²) in [5, 5.41) is 4.00. The molecule has 2 amide bonds. The number of hydrogen-bond donors (Lipinski definition) is 1. The van der Waals surface area contributed by atoms with Gasteiger partial charge in [-0.3, -0.25) is 9.36 Å². The Morgan fingerprint density at radius 3 is 2.59 bits per heavy atom. The van der Waals surface area contributed by atoms with Crippen molar-refractivity contribution in [3.63, 3.8) is 0 Å². The molecule has 1 aliphatic rings. The topological polar surface area (TPSA) is 54.3 Å². The fourth-order valence-corrected chi connectivity index (χ4v) is 4.02. The van der Waals surface area contributed by atoms with E-state index < -0.39 is 0 Å². The number of carbonyl (C=O) groups excluding carboxylic acids is 2. The molecule has 6 heteroatoms. The summed E-state index contributed by atoms with van der Waals surface area (Å²) >= 11 is 0. The van der Waals surface area contributed by atoms with Crippen molar-refractivity contribution in [2.24, 2.45) is 5.92 Å². The average Bonchev–Trinajstić information content (AvgIpc) is 2.88. The van der Waals surface area contributed by atoms with Crippen LogP contribution in [0.3, 0.4) is 0 Å². The Hall–Kier alpha value is -2.24. The van der Waals surface area contributed by atoms with Gasteiger partial charge in [-0.1, -0.05) is 43.3 Å². The lowest BCUT2D eigenvalue weighted by atomic mass is 9.90. The maximum atomic E-state index is 13.0. The van der Waals surface area contributed by atoms with Crippen LogP contribution < -0.4 is 10.8 Å². The van der Waals surface area contributed by atoms with Gasteiger partial charge in [-0.15, -0.1) is 0 Å². The monoisotopic (exact) mass is 367 g/mol. The largest absolute Gasteiger partial charge is 0.352 e. The molecule has 2 aromatic rings. The minimum absolute atomic E-state index is 0.0794. The number of carbonyl (C=O) groups is 2. The second-order valence-corrected chi connectivity index (χ2v) is 7.75. The van der Waals surface area contributed by atoms with Crippen LogP contribution in [0, 0.1) is 5.92 Å². The fraction of sp³-hybridized carbons (Fsp3) is 0.524. The fourth-order valence-electron chi connectivity index (χ4n) is 4.02. The van der Waals surface area contributed by atoms with Crippen LogP contribution in [-0.4, -0.2) is 49.4 Å². The lowest BCUT2D eigenvalue weighted by molar-refractivity contribution is 0.0947. The number of benzene rings is 1. The zero-order valence-corrected chi connectivity index (χ0v) is 16.8. The molecule has 0 bridgehead atoms. The Balaban J connectivity index is 1.86. The van der Waals surface area contributed by atoms with Crippen LogP contribution >= 0.6 is 0 Å². The number of amides is 2. The predicted octanol–water partition coefficient (Wildman–Crippen LogP) is 2.52. The van der Waals surface area contributed by atoms with Crippen molar-refractivity contribution in [3.05, 3.63) is 30.0 Å². The van der Waals surface area contributed by atoms with Crippen LogP contribution in [0.4, 0.5) is 4.79 Å². The summed E-state index contributed by atoms with van der Waals surface area (Å²) in [4.78, 5) is 27.4. The highest BCUT2D eigenvalue weighted by molar-refractivity contribution is 6.40. The molecule has 1 heterocycles. The third-order valence-electron chi connectivity index (χ3n) is 5.82. The maximum absolute atomic E-state index is 13.0. The third kappa shape index (κ3) is 4.20. The molecule has 1 saturated carbocycles. The minimum Gasteiger partial charge on any atom is -0.352 e. The van der Waals surface area contributed by atoms with E-state index in [0.717, 1.165) is 22.9 Å². The van der Waals surface area contributed by atoms with Crippen molar-refractivity contribution in [2.45, 2.75) is 45.4 Å². The Bertz CT molecular complexity index is 822. The molecular formula is C21H30BN3O2. The van der Waals surface area contributed by atoms with E-state index in [4.69, 9.17) is 0 Å². The quantitative estimate of drug-likeness (QED) is 0.667. The van der Waals surface area contributed by atoms with E-state index in [-0.39, 0.29) is 11.9 Å². The summed E-state index contributed by atoms with van der Waals surface area (Å²) in [5.74, 6) is 0.489. The molecule has 27 heavy (non-hydrogen) atoms. The summed E-state index contributed by atoms with van der Waals surface area (Å²) in [5.41, 5.74) is 2.40. The van der Waals surface area contributed by atoms with Crippen molar-refractivity contribution in [1.29, 1.82) is 0 Å². The smallest absolute Gasteiger partial charge is 0.328 e. The predicted molar refractivity (Wildman–Crippen MR) is 113 cm³/mol. The van der Waals surface area contributed by atoms with Gasteiger partial charge in [0.2, 0.25) is 0 Å².